The van der Waals surface area contributed by atoms with E-state index in [1.165, 1.54) is 6.26 Å². The molecule has 3 aromatic rings. The van der Waals surface area contributed by atoms with Crippen LogP contribution in [0.25, 0.3) is 22.2 Å². The van der Waals surface area contributed by atoms with E-state index in [2.05, 4.69) is 20.9 Å². The third kappa shape index (κ3) is 2.77. The summed E-state index contributed by atoms with van der Waals surface area (Å²) in [6.07, 6.45) is 1.17. The monoisotopic (exact) mass is 392 g/mol. The van der Waals surface area contributed by atoms with Gasteiger partial charge in [-0.3, -0.25) is 4.79 Å². The second-order valence-electron chi connectivity index (χ2n) is 5.20. The zero-order valence-corrected chi connectivity index (χ0v) is 14.5. The highest BCUT2D eigenvalue weighted by atomic mass is 79.9. The smallest absolute Gasteiger partial charge is 0.250 e. The van der Waals surface area contributed by atoms with E-state index < -0.39 is 15.7 Å². The number of nitrogens with one attached hydrogen (secondary N) is 1. The molecule has 0 spiro atoms. The molecule has 0 saturated carbocycles. The lowest BCUT2D eigenvalue weighted by molar-refractivity contribution is 0.100. The van der Waals surface area contributed by atoms with Crippen molar-refractivity contribution in [1.82, 2.24) is 4.98 Å². The fourth-order valence-corrected chi connectivity index (χ4v) is 3.90. The Kier molecular flexibility index (Phi) is 3.77. The Morgan fingerprint density at radius 2 is 1.87 bits per heavy atom. The van der Waals surface area contributed by atoms with Crippen molar-refractivity contribution < 1.29 is 13.2 Å². The highest BCUT2D eigenvalue weighted by Gasteiger charge is 2.18. The number of sulfone groups is 1. The minimum atomic E-state index is -3.38. The lowest BCUT2D eigenvalue weighted by Gasteiger charge is -2.05. The zero-order chi connectivity index (χ0) is 16.8. The molecule has 1 heterocycles. The number of aromatic amines is 1. The summed E-state index contributed by atoms with van der Waals surface area (Å²) in [5.74, 6) is -0.549. The van der Waals surface area contributed by atoms with Crippen molar-refractivity contribution >= 4 is 42.6 Å². The average Bonchev–Trinajstić information content (AvgIpc) is 2.92. The lowest BCUT2D eigenvalue weighted by Crippen LogP contribution is -2.11. The predicted octanol–water partition coefficient (Wildman–Crippen LogP) is 3.10. The maximum absolute atomic E-state index is 12.0. The first kappa shape index (κ1) is 15.8. The molecule has 0 aliphatic heterocycles. The van der Waals surface area contributed by atoms with E-state index in [-0.39, 0.29) is 4.90 Å². The average molecular weight is 393 g/mol. The van der Waals surface area contributed by atoms with Gasteiger partial charge in [0.25, 0.3) is 5.91 Å². The number of carbonyl (C=O) groups is 1. The zero-order valence-electron chi connectivity index (χ0n) is 12.1. The molecular formula is C16H13BrN2O3S. The van der Waals surface area contributed by atoms with Crippen molar-refractivity contribution in [3.8, 4) is 11.3 Å². The highest BCUT2D eigenvalue weighted by Crippen LogP contribution is 2.33. The van der Waals surface area contributed by atoms with Crippen LogP contribution in [0.15, 0.2) is 51.8 Å². The van der Waals surface area contributed by atoms with Gasteiger partial charge in [0.2, 0.25) is 0 Å². The topological polar surface area (TPSA) is 93.0 Å². The number of aromatic nitrogens is 1. The summed E-state index contributed by atoms with van der Waals surface area (Å²) < 4.78 is 24.8. The van der Waals surface area contributed by atoms with Gasteiger partial charge in [0, 0.05) is 27.4 Å². The molecule has 0 bridgehead atoms. The fraction of sp³-hybridized carbons (Fsp3) is 0.0625. The van der Waals surface area contributed by atoms with Gasteiger partial charge in [0.1, 0.15) is 0 Å². The highest BCUT2D eigenvalue weighted by molar-refractivity contribution is 9.10. The molecule has 5 nitrogen and oxygen atoms in total. The number of fused-ring (bicyclic) bond motifs is 1. The van der Waals surface area contributed by atoms with Crippen molar-refractivity contribution in [1.29, 1.82) is 0 Å². The van der Waals surface area contributed by atoms with Crippen LogP contribution in [-0.2, 0) is 9.84 Å². The maximum Gasteiger partial charge on any atom is 0.250 e. The van der Waals surface area contributed by atoms with Crippen LogP contribution in [0.2, 0.25) is 0 Å². The number of rotatable bonds is 3. The molecule has 0 saturated heterocycles. The number of primary amides is 1. The normalized spacial score (nSPS) is 11.7. The van der Waals surface area contributed by atoms with Crippen molar-refractivity contribution in [2.75, 3.05) is 6.26 Å². The van der Waals surface area contributed by atoms with Gasteiger partial charge in [0.15, 0.2) is 9.84 Å². The first-order valence-corrected chi connectivity index (χ1v) is 9.38. The molecule has 1 amide bonds. The van der Waals surface area contributed by atoms with Crippen molar-refractivity contribution in [3.63, 3.8) is 0 Å². The molecule has 1 aromatic heterocycles. The Hall–Kier alpha value is -2.12. The minimum absolute atomic E-state index is 0.225. The number of H-pyrrole nitrogens is 1. The van der Waals surface area contributed by atoms with Crippen LogP contribution in [0.3, 0.4) is 0 Å². The molecule has 0 radical (unpaired) electrons. The van der Waals surface area contributed by atoms with Crippen LogP contribution in [-0.4, -0.2) is 25.6 Å². The predicted molar refractivity (Wildman–Crippen MR) is 93.1 cm³/mol. The first-order chi connectivity index (χ1) is 10.8. The van der Waals surface area contributed by atoms with Gasteiger partial charge in [0.05, 0.1) is 16.0 Å². The van der Waals surface area contributed by atoms with Crippen LogP contribution < -0.4 is 5.73 Å². The molecule has 0 fully saturated rings. The SMILES string of the molecule is CS(=O)(=O)c1ccccc1-c1cc2c(Br)ccc(C(N)=O)c2[nH]1. The van der Waals surface area contributed by atoms with E-state index in [9.17, 15) is 13.2 Å². The van der Waals surface area contributed by atoms with Gasteiger partial charge in [-0.25, -0.2) is 8.42 Å². The van der Waals surface area contributed by atoms with Gasteiger partial charge in [-0.2, -0.15) is 0 Å². The second kappa shape index (κ2) is 5.50. The molecule has 3 N–H and O–H groups in total. The molecule has 0 unspecified atom stereocenters. The molecule has 0 atom stereocenters. The summed E-state index contributed by atoms with van der Waals surface area (Å²) in [6.45, 7) is 0. The van der Waals surface area contributed by atoms with Crippen LogP contribution in [0.1, 0.15) is 10.4 Å². The van der Waals surface area contributed by atoms with E-state index in [4.69, 9.17) is 5.73 Å². The standard InChI is InChI=1S/C16H13BrN2O3S/c1-23(21,22)14-5-3-2-4-9(14)13-8-11-12(17)7-6-10(16(18)20)15(11)19-13/h2-8,19H,1H3,(H2,18,20). The van der Waals surface area contributed by atoms with Gasteiger partial charge in [-0.05, 0) is 24.3 Å². The Balaban J connectivity index is 2.34. The molecule has 3 rings (SSSR count). The number of amides is 1. The second-order valence-corrected chi connectivity index (χ2v) is 8.04. The third-order valence-electron chi connectivity index (χ3n) is 3.58. The molecule has 7 heteroatoms. The Morgan fingerprint density at radius 1 is 1.17 bits per heavy atom. The fourth-order valence-electron chi connectivity index (χ4n) is 2.55. The van der Waals surface area contributed by atoms with Crippen LogP contribution in [0, 0.1) is 0 Å². The Bertz CT molecular complexity index is 1040. The number of nitrogens with two attached hydrogens (primary N) is 1. The third-order valence-corrected chi connectivity index (χ3v) is 5.43. The summed E-state index contributed by atoms with van der Waals surface area (Å²) in [5, 5.41) is 0.764. The van der Waals surface area contributed by atoms with Gasteiger partial charge < -0.3 is 10.7 Å². The van der Waals surface area contributed by atoms with Gasteiger partial charge >= 0.3 is 0 Å². The summed E-state index contributed by atoms with van der Waals surface area (Å²) in [5.41, 5.74) is 7.49. The lowest BCUT2D eigenvalue weighted by atomic mass is 10.1. The Morgan fingerprint density at radius 3 is 2.52 bits per heavy atom. The van der Waals surface area contributed by atoms with E-state index >= 15 is 0 Å². The Labute approximate surface area is 141 Å². The van der Waals surface area contributed by atoms with Crippen LogP contribution in [0.5, 0.6) is 0 Å². The number of halogens is 1. The largest absolute Gasteiger partial charge is 0.366 e. The summed E-state index contributed by atoms with van der Waals surface area (Å²) >= 11 is 3.43. The molecular weight excluding hydrogens is 380 g/mol. The number of hydrogen-bond acceptors (Lipinski definition) is 3. The van der Waals surface area contributed by atoms with Gasteiger partial charge in [-0.1, -0.05) is 34.1 Å². The molecule has 23 heavy (non-hydrogen) atoms. The molecule has 2 aromatic carbocycles. The van der Waals surface area contributed by atoms with Crippen LogP contribution in [0.4, 0.5) is 0 Å². The number of hydrogen-bond donors (Lipinski definition) is 2. The van der Waals surface area contributed by atoms with E-state index in [1.54, 1.807) is 42.5 Å². The minimum Gasteiger partial charge on any atom is -0.366 e. The first-order valence-electron chi connectivity index (χ1n) is 6.69. The summed E-state index contributed by atoms with van der Waals surface area (Å²) in [7, 11) is -3.38. The number of carbonyl (C=O) groups excluding carboxylic acids is 1. The molecule has 118 valence electrons. The van der Waals surface area contributed by atoms with Crippen LogP contribution >= 0.6 is 15.9 Å². The quantitative estimate of drug-likeness (QED) is 0.716. The molecule has 0 aliphatic rings. The number of benzene rings is 2. The van der Waals surface area contributed by atoms with E-state index in [1.807, 2.05) is 0 Å². The van der Waals surface area contributed by atoms with Crippen molar-refractivity contribution in [3.05, 3.63) is 52.5 Å². The van der Waals surface area contributed by atoms with Gasteiger partial charge in [-0.15, -0.1) is 0 Å². The van der Waals surface area contributed by atoms with E-state index in [0.717, 1.165) is 9.86 Å². The summed E-state index contributed by atoms with van der Waals surface area (Å²) in [6, 6.07) is 11.9. The van der Waals surface area contributed by atoms with E-state index in [0.29, 0.717) is 22.3 Å². The van der Waals surface area contributed by atoms with Crippen molar-refractivity contribution in [2.45, 2.75) is 4.90 Å². The van der Waals surface area contributed by atoms with Crippen molar-refractivity contribution in [2.24, 2.45) is 5.73 Å². The molecule has 0 aliphatic carbocycles. The maximum atomic E-state index is 12.0. The summed E-state index contributed by atoms with van der Waals surface area (Å²) in [4.78, 5) is 14.9.